The fourth-order valence-electron chi connectivity index (χ4n) is 1.54. The first-order valence-electron chi connectivity index (χ1n) is 5.52. The first-order chi connectivity index (χ1) is 8.87. The molecular weight excluding hydrogens is 283 g/mol. The summed E-state index contributed by atoms with van der Waals surface area (Å²) in [4.78, 5) is 0. The van der Waals surface area contributed by atoms with Crippen LogP contribution in [-0.2, 0) is 4.74 Å². The molecule has 0 aliphatic carbocycles. The molecule has 0 aliphatic heterocycles. The molecule has 0 saturated heterocycles. The van der Waals surface area contributed by atoms with Crippen molar-refractivity contribution in [2.45, 2.75) is 12.2 Å². The Kier molecular flexibility index (Phi) is 5.90. The van der Waals surface area contributed by atoms with E-state index in [1.165, 1.54) is 7.11 Å². The zero-order valence-electron chi connectivity index (χ0n) is 10.6. The molecule has 0 spiro atoms. The zero-order chi connectivity index (χ0) is 14.5. The molecule has 19 heavy (non-hydrogen) atoms. The van der Waals surface area contributed by atoms with E-state index in [0.29, 0.717) is 16.3 Å². The standard InChI is InChI=1S/C12H15ClF3NO2/c1-17-11(6-19-7-12(14,15)16)9-4-3-8(18-2)5-10(9)13/h3-5,11,17H,6-7H2,1-2H3. The van der Waals surface area contributed by atoms with Gasteiger partial charge in [0.1, 0.15) is 12.4 Å². The third-order valence-electron chi connectivity index (χ3n) is 2.48. The summed E-state index contributed by atoms with van der Waals surface area (Å²) < 4.78 is 45.7. The number of rotatable bonds is 6. The molecule has 0 saturated carbocycles. The molecule has 0 fully saturated rings. The van der Waals surface area contributed by atoms with Gasteiger partial charge < -0.3 is 14.8 Å². The Labute approximate surface area is 114 Å². The van der Waals surface area contributed by atoms with Crippen molar-refractivity contribution in [3.63, 3.8) is 0 Å². The SMILES string of the molecule is CNC(COCC(F)(F)F)c1ccc(OC)cc1Cl. The molecule has 1 unspecified atom stereocenters. The van der Waals surface area contributed by atoms with Gasteiger partial charge in [-0.2, -0.15) is 13.2 Å². The Balaban J connectivity index is 2.69. The Hall–Kier alpha value is -0.980. The number of hydrogen-bond donors (Lipinski definition) is 1. The van der Waals surface area contributed by atoms with Gasteiger partial charge in [-0.15, -0.1) is 0 Å². The Morgan fingerprint density at radius 2 is 2.05 bits per heavy atom. The molecule has 0 heterocycles. The molecule has 1 aromatic carbocycles. The number of nitrogens with one attached hydrogen (secondary N) is 1. The number of ether oxygens (including phenoxy) is 2. The van der Waals surface area contributed by atoms with Gasteiger partial charge in [0.05, 0.1) is 19.8 Å². The van der Waals surface area contributed by atoms with Crippen LogP contribution in [0.5, 0.6) is 5.75 Å². The average molecular weight is 298 g/mol. The van der Waals surface area contributed by atoms with E-state index in [9.17, 15) is 13.2 Å². The van der Waals surface area contributed by atoms with Gasteiger partial charge in [-0.25, -0.2) is 0 Å². The largest absolute Gasteiger partial charge is 0.497 e. The number of methoxy groups -OCH3 is 1. The van der Waals surface area contributed by atoms with Crippen LogP contribution < -0.4 is 10.1 Å². The Morgan fingerprint density at radius 1 is 1.37 bits per heavy atom. The van der Waals surface area contributed by atoms with Crippen LogP contribution in [0.4, 0.5) is 13.2 Å². The number of hydrogen-bond acceptors (Lipinski definition) is 3. The van der Waals surface area contributed by atoms with Crippen molar-refractivity contribution in [3.05, 3.63) is 28.8 Å². The molecule has 0 bridgehead atoms. The van der Waals surface area contributed by atoms with Gasteiger partial charge in [0.15, 0.2) is 0 Å². The molecular formula is C12H15ClF3NO2. The second-order valence-electron chi connectivity index (χ2n) is 3.86. The van der Waals surface area contributed by atoms with Gasteiger partial charge in [0.2, 0.25) is 0 Å². The second kappa shape index (κ2) is 6.98. The maximum Gasteiger partial charge on any atom is 0.411 e. The fourth-order valence-corrected chi connectivity index (χ4v) is 1.84. The monoisotopic (exact) mass is 297 g/mol. The lowest BCUT2D eigenvalue weighted by molar-refractivity contribution is -0.175. The van der Waals surface area contributed by atoms with Crippen LogP contribution in [0.25, 0.3) is 0 Å². The van der Waals surface area contributed by atoms with Crippen LogP contribution in [0, 0.1) is 0 Å². The minimum Gasteiger partial charge on any atom is -0.497 e. The van der Waals surface area contributed by atoms with Crippen LogP contribution >= 0.6 is 11.6 Å². The normalized spacial score (nSPS) is 13.4. The second-order valence-corrected chi connectivity index (χ2v) is 4.27. The quantitative estimate of drug-likeness (QED) is 0.875. The van der Waals surface area contributed by atoms with E-state index >= 15 is 0 Å². The number of alkyl halides is 3. The van der Waals surface area contributed by atoms with Gasteiger partial charge in [-0.05, 0) is 24.7 Å². The van der Waals surface area contributed by atoms with Gasteiger partial charge in [0, 0.05) is 5.02 Å². The lowest BCUT2D eigenvalue weighted by Crippen LogP contribution is -2.25. The van der Waals surface area contributed by atoms with E-state index in [-0.39, 0.29) is 6.61 Å². The highest BCUT2D eigenvalue weighted by molar-refractivity contribution is 6.31. The van der Waals surface area contributed by atoms with Crippen molar-refractivity contribution in [1.29, 1.82) is 0 Å². The summed E-state index contributed by atoms with van der Waals surface area (Å²) >= 11 is 6.05. The predicted octanol–water partition coefficient (Wildman–Crippen LogP) is 3.19. The van der Waals surface area contributed by atoms with Gasteiger partial charge in [0.25, 0.3) is 0 Å². The number of likely N-dealkylation sites (N-methyl/N-ethyl adjacent to an activating group) is 1. The van der Waals surface area contributed by atoms with E-state index in [1.807, 2.05) is 0 Å². The first kappa shape index (κ1) is 16.1. The highest BCUT2D eigenvalue weighted by atomic mass is 35.5. The van der Waals surface area contributed by atoms with Gasteiger partial charge in [-0.3, -0.25) is 0 Å². The lowest BCUT2D eigenvalue weighted by atomic mass is 10.1. The Bertz CT molecular complexity index is 412. The maximum atomic E-state index is 12.0. The van der Waals surface area contributed by atoms with E-state index in [4.69, 9.17) is 16.3 Å². The van der Waals surface area contributed by atoms with Crippen LogP contribution in [0.2, 0.25) is 5.02 Å². The summed E-state index contributed by atoms with van der Waals surface area (Å²) in [5.41, 5.74) is 0.659. The molecule has 7 heteroatoms. The molecule has 0 aliphatic rings. The summed E-state index contributed by atoms with van der Waals surface area (Å²) in [7, 11) is 3.13. The molecule has 1 atom stereocenters. The smallest absolute Gasteiger partial charge is 0.411 e. The summed E-state index contributed by atoms with van der Waals surface area (Å²) in [6.07, 6.45) is -4.33. The van der Waals surface area contributed by atoms with E-state index in [0.717, 1.165) is 0 Å². The van der Waals surface area contributed by atoms with Crippen molar-refractivity contribution in [1.82, 2.24) is 5.32 Å². The van der Waals surface area contributed by atoms with Crippen LogP contribution in [0.1, 0.15) is 11.6 Å². The third-order valence-corrected chi connectivity index (χ3v) is 2.81. The predicted molar refractivity (Wildman–Crippen MR) is 66.7 cm³/mol. The Morgan fingerprint density at radius 3 is 2.53 bits per heavy atom. The van der Waals surface area contributed by atoms with Gasteiger partial charge in [-0.1, -0.05) is 17.7 Å². The van der Waals surface area contributed by atoms with Crippen molar-refractivity contribution >= 4 is 11.6 Å². The number of halogens is 4. The molecule has 1 rings (SSSR count). The molecule has 0 radical (unpaired) electrons. The molecule has 0 amide bonds. The minimum absolute atomic E-state index is 0.123. The topological polar surface area (TPSA) is 30.5 Å². The molecule has 1 N–H and O–H groups in total. The number of benzene rings is 1. The minimum atomic E-state index is -4.33. The summed E-state index contributed by atoms with van der Waals surface area (Å²) in [5, 5.41) is 3.28. The van der Waals surface area contributed by atoms with E-state index < -0.39 is 18.8 Å². The first-order valence-corrected chi connectivity index (χ1v) is 5.90. The van der Waals surface area contributed by atoms with Crippen LogP contribution in [-0.4, -0.2) is 33.5 Å². The van der Waals surface area contributed by atoms with E-state index in [1.54, 1.807) is 25.2 Å². The average Bonchev–Trinajstić information content (AvgIpc) is 2.34. The zero-order valence-corrected chi connectivity index (χ0v) is 11.3. The molecule has 1 aromatic rings. The fraction of sp³-hybridized carbons (Fsp3) is 0.500. The third kappa shape index (κ3) is 5.26. The van der Waals surface area contributed by atoms with Crippen molar-refractivity contribution in [2.24, 2.45) is 0 Å². The van der Waals surface area contributed by atoms with Crippen LogP contribution in [0.3, 0.4) is 0 Å². The van der Waals surface area contributed by atoms with Crippen molar-refractivity contribution in [3.8, 4) is 5.75 Å². The molecule has 108 valence electrons. The van der Waals surface area contributed by atoms with Gasteiger partial charge >= 0.3 is 6.18 Å². The molecule has 0 aromatic heterocycles. The summed E-state index contributed by atoms with van der Waals surface area (Å²) in [6, 6.07) is 4.57. The summed E-state index contributed by atoms with van der Waals surface area (Å²) in [5.74, 6) is 0.583. The summed E-state index contributed by atoms with van der Waals surface area (Å²) in [6.45, 7) is -1.40. The van der Waals surface area contributed by atoms with Crippen molar-refractivity contribution in [2.75, 3.05) is 27.4 Å². The van der Waals surface area contributed by atoms with E-state index in [2.05, 4.69) is 10.1 Å². The highest BCUT2D eigenvalue weighted by Crippen LogP contribution is 2.27. The lowest BCUT2D eigenvalue weighted by Gasteiger charge is -2.19. The maximum absolute atomic E-state index is 12.0. The van der Waals surface area contributed by atoms with Crippen molar-refractivity contribution < 1.29 is 22.6 Å². The molecule has 3 nitrogen and oxygen atoms in total. The highest BCUT2D eigenvalue weighted by Gasteiger charge is 2.28. The van der Waals surface area contributed by atoms with Crippen LogP contribution in [0.15, 0.2) is 18.2 Å².